The average Bonchev–Trinajstić information content (AvgIpc) is 2.71. The van der Waals surface area contributed by atoms with Gasteiger partial charge >= 0.3 is 0 Å². The molecule has 4 nitrogen and oxygen atoms in total. The molecule has 1 aliphatic rings. The number of carbonyl (C=O) groups excluding carboxylic acids is 1. The van der Waals surface area contributed by atoms with Crippen LogP contribution in [0.3, 0.4) is 0 Å². The van der Waals surface area contributed by atoms with Gasteiger partial charge in [0.05, 0.1) is 5.75 Å². The maximum Gasteiger partial charge on any atom is 0.237 e. The highest BCUT2D eigenvalue weighted by Gasteiger charge is 2.15. The van der Waals surface area contributed by atoms with Crippen molar-refractivity contribution in [3.63, 3.8) is 0 Å². The number of anilines is 1. The molecule has 0 atom stereocenters. The van der Waals surface area contributed by atoms with Crippen molar-refractivity contribution in [1.82, 2.24) is 0 Å². The molecule has 0 aromatic heterocycles. The Labute approximate surface area is 156 Å². The number of benzene rings is 3. The van der Waals surface area contributed by atoms with Crippen molar-refractivity contribution >= 4 is 34.1 Å². The molecule has 1 amide bonds. The van der Waals surface area contributed by atoms with Crippen LogP contribution in [-0.2, 0) is 4.79 Å². The summed E-state index contributed by atoms with van der Waals surface area (Å²) in [6.45, 7) is 1.14. The van der Waals surface area contributed by atoms with Gasteiger partial charge in [-0.15, -0.1) is 11.8 Å². The first kappa shape index (κ1) is 16.8. The Morgan fingerprint density at radius 3 is 2.58 bits per heavy atom. The van der Waals surface area contributed by atoms with E-state index in [0.29, 0.717) is 19.0 Å². The topological polar surface area (TPSA) is 38.8 Å². The molecule has 0 spiro atoms. The molecule has 1 heterocycles. The number of rotatable bonds is 4. The van der Waals surface area contributed by atoms with Gasteiger partial charge in [-0.25, -0.2) is 0 Å². The summed E-state index contributed by atoms with van der Waals surface area (Å²) in [5, 5.41) is 2.30. The Bertz CT molecular complexity index is 957. The zero-order valence-corrected chi connectivity index (χ0v) is 15.3. The van der Waals surface area contributed by atoms with E-state index in [4.69, 9.17) is 9.47 Å². The van der Waals surface area contributed by atoms with Crippen LogP contribution < -0.4 is 14.4 Å². The van der Waals surface area contributed by atoms with Crippen LogP contribution in [0.5, 0.6) is 11.5 Å². The predicted molar refractivity (Wildman–Crippen MR) is 106 cm³/mol. The van der Waals surface area contributed by atoms with E-state index in [0.717, 1.165) is 27.5 Å². The van der Waals surface area contributed by atoms with E-state index in [1.165, 1.54) is 17.1 Å². The molecule has 0 radical (unpaired) electrons. The summed E-state index contributed by atoms with van der Waals surface area (Å²) in [5.74, 6) is 1.93. The summed E-state index contributed by atoms with van der Waals surface area (Å²) in [6.07, 6.45) is 0. The van der Waals surface area contributed by atoms with E-state index in [2.05, 4.69) is 12.1 Å². The maximum atomic E-state index is 12.6. The second-order valence-corrected chi connectivity index (χ2v) is 7.13. The fourth-order valence-corrected chi connectivity index (χ4v) is 3.72. The van der Waals surface area contributed by atoms with Crippen molar-refractivity contribution < 1.29 is 14.3 Å². The van der Waals surface area contributed by atoms with Crippen LogP contribution in [0.15, 0.2) is 65.6 Å². The van der Waals surface area contributed by atoms with Gasteiger partial charge < -0.3 is 14.4 Å². The Kier molecular flexibility index (Phi) is 4.71. The molecule has 0 unspecified atom stereocenters. The first-order valence-electron chi connectivity index (χ1n) is 8.48. The van der Waals surface area contributed by atoms with Crippen molar-refractivity contribution in [2.75, 3.05) is 30.9 Å². The zero-order valence-electron chi connectivity index (χ0n) is 14.5. The molecular formula is C21H19NO3S. The van der Waals surface area contributed by atoms with Crippen LogP contribution in [0.1, 0.15) is 0 Å². The number of thioether (sulfide) groups is 1. The second-order valence-electron chi connectivity index (χ2n) is 6.08. The zero-order chi connectivity index (χ0) is 17.9. The van der Waals surface area contributed by atoms with Gasteiger partial charge in [-0.2, -0.15) is 0 Å². The third-order valence-electron chi connectivity index (χ3n) is 4.37. The fraction of sp³-hybridized carbons (Fsp3) is 0.190. The van der Waals surface area contributed by atoms with Gasteiger partial charge in [0.1, 0.15) is 13.2 Å². The van der Waals surface area contributed by atoms with Gasteiger partial charge in [-0.1, -0.05) is 30.3 Å². The molecule has 0 saturated carbocycles. The number of hydrogen-bond donors (Lipinski definition) is 0. The maximum absolute atomic E-state index is 12.6. The molecule has 0 saturated heterocycles. The van der Waals surface area contributed by atoms with Gasteiger partial charge in [-0.05, 0) is 41.1 Å². The van der Waals surface area contributed by atoms with Gasteiger partial charge in [-0.3, -0.25) is 4.79 Å². The lowest BCUT2D eigenvalue weighted by Gasteiger charge is -2.19. The van der Waals surface area contributed by atoms with Crippen LogP contribution >= 0.6 is 11.8 Å². The molecule has 132 valence electrons. The van der Waals surface area contributed by atoms with Crippen molar-refractivity contribution in [2.45, 2.75) is 4.90 Å². The van der Waals surface area contributed by atoms with Crippen LogP contribution in [0.4, 0.5) is 5.69 Å². The molecule has 4 rings (SSSR count). The molecule has 0 aliphatic carbocycles. The summed E-state index contributed by atoms with van der Waals surface area (Å²) in [4.78, 5) is 15.3. The lowest BCUT2D eigenvalue weighted by Crippen LogP contribution is -2.27. The van der Waals surface area contributed by atoms with Crippen LogP contribution in [0.2, 0.25) is 0 Å². The normalized spacial score (nSPS) is 12.8. The van der Waals surface area contributed by atoms with Crippen LogP contribution in [0.25, 0.3) is 10.8 Å². The number of nitrogens with zero attached hydrogens (tertiary/aromatic N) is 1. The molecular weight excluding hydrogens is 346 g/mol. The van der Waals surface area contributed by atoms with E-state index in [1.807, 2.05) is 55.6 Å². The van der Waals surface area contributed by atoms with E-state index < -0.39 is 0 Å². The molecule has 3 aromatic rings. The first-order chi connectivity index (χ1) is 12.7. The molecule has 0 bridgehead atoms. The highest BCUT2D eigenvalue weighted by atomic mass is 32.2. The number of carbonyl (C=O) groups is 1. The van der Waals surface area contributed by atoms with Crippen LogP contribution in [-0.4, -0.2) is 31.9 Å². The standard InChI is InChI=1S/C21H19NO3S/c1-22(17-7-6-15-4-2-3-5-16(15)12-17)21(23)14-26-18-8-9-19-20(13-18)25-11-10-24-19/h2-9,12-13H,10-11,14H2,1H3. The third-order valence-corrected chi connectivity index (χ3v) is 5.35. The van der Waals surface area contributed by atoms with Gasteiger partial charge in [0.25, 0.3) is 0 Å². The number of hydrogen-bond acceptors (Lipinski definition) is 4. The van der Waals surface area contributed by atoms with Crippen LogP contribution in [0, 0.1) is 0 Å². The minimum absolute atomic E-state index is 0.0557. The molecule has 26 heavy (non-hydrogen) atoms. The monoisotopic (exact) mass is 365 g/mol. The van der Waals surface area contributed by atoms with Crippen molar-refractivity contribution in [3.05, 3.63) is 60.7 Å². The van der Waals surface area contributed by atoms with Gasteiger partial charge in [0.15, 0.2) is 11.5 Å². The number of ether oxygens (including phenoxy) is 2. The minimum Gasteiger partial charge on any atom is -0.486 e. The summed E-state index contributed by atoms with van der Waals surface area (Å²) in [7, 11) is 1.82. The Morgan fingerprint density at radius 1 is 0.962 bits per heavy atom. The number of amides is 1. The van der Waals surface area contributed by atoms with E-state index >= 15 is 0 Å². The third kappa shape index (κ3) is 3.48. The van der Waals surface area contributed by atoms with E-state index in [-0.39, 0.29) is 5.91 Å². The lowest BCUT2D eigenvalue weighted by atomic mass is 10.1. The molecule has 3 aromatic carbocycles. The van der Waals surface area contributed by atoms with Crippen molar-refractivity contribution in [3.8, 4) is 11.5 Å². The fourth-order valence-electron chi connectivity index (χ4n) is 2.88. The molecule has 5 heteroatoms. The smallest absolute Gasteiger partial charge is 0.237 e. The Balaban J connectivity index is 1.43. The predicted octanol–water partition coefficient (Wildman–Crippen LogP) is 4.37. The molecule has 1 aliphatic heterocycles. The Hall–Kier alpha value is -2.66. The Morgan fingerprint density at radius 2 is 1.73 bits per heavy atom. The largest absolute Gasteiger partial charge is 0.486 e. The summed E-state index contributed by atoms with van der Waals surface area (Å²) in [5.41, 5.74) is 0.900. The van der Waals surface area contributed by atoms with E-state index in [9.17, 15) is 4.79 Å². The van der Waals surface area contributed by atoms with E-state index in [1.54, 1.807) is 4.90 Å². The first-order valence-corrected chi connectivity index (χ1v) is 9.47. The van der Waals surface area contributed by atoms with Crippen molar-refractivity contribution in [2.24, 2.45) is 0 Å². The van der Waals surface area contributed by atoms with Gasteiger partial charge in [0, 0.05) is 17.6 Å². The van der Waals surface area contributed by atoms with Gasteiger partial charge in [0.2, 0.25) is 5.91 Å². The molecule has 0 N–H and O–H groups in total. The van der Waals surface area contributed by atoms with Crippen molar-refractivity contribution in [1.29, 1.82) is 0 Å². The minimum atomic E-state index is 0.0557. The highest BCUT2D eigenvalue weighted by molar-refractivity contribution is 8.00. The second kappa shape index (κ2) is 7.30. The highest BCUT2D eigenvalue weighted by Crippen LogP contribution is 2.34. The summed E-state index contributed by atoms with van der Waals surface area (Å²) >= 11 is 1.50. The summed E-state index contributed by atoms with van der Waals surface area (Å²) < 4.78 is 11.1. The SMILES string of the molecule is CN(C(=O)CSc1ccc2c(c1)OCCO2)c1ccc2ccccc2c1. The number of fused-ring (bicyclic) bond motifs is 2. The lowest BCUT2D eigenvalue weighted by molar-refractivity contribution is -0.115. The summed E-state index contributed by atoms with van der Waals surface area (Å²) in [6, 6.07) is 20.0. The quantitative estimate of drug-likeness (QED) is 0.644. The molecule has 0 fully saturated rings. The average molecular weight is 365 g/mol.